The van der Waals surface area contributed by atoms with Gasteiger partial charge in [-0.15, -0.1) is 0 Å². The van der Waals surface area contributed by atoms with Gasteiger partial charge in [0.25, 0.3) is 5.96 Å². The van der Waals surface area contributed by atoms with E-state index in [0.717, 1.165) is 23.1 Å². The van der Waals surface area contributed by atoms with Gasteiger partial charge >= 0.3 is 11.9 Å². The maximum atomic E-state index is 14.3. The molecule has 35 nitrogen and oxygen atoms in total. The SMILES string of the molecule is CC[C@H](C)[C@H]1O[C@]2(C=C[C@@H]1C)C[C@@H]1C[C@@H](C/C=C(\C)[C@@H](O[C@H]3C[C@H](OC)[C@@H](O[C@H]4C[C@H](OC)[C@@H](O)[C@H](C)O4)[C@H](C)O3)[C@@H](C)/C=C/C=C3\CO[C@@H]4[C@H](O)C(C)=C[C@@H](C(=O)O1)[C@]34O)O2.CO[C@H]1C[C@H](O[C@H]2[C@H](C)O[C@@H](O[C@@H]3/C(C)=C/C[C@@H]4C[C@@H](C[C@]5(C=C[C@H](C)[C@@H](C(C)C)O5)O4)OC(=O)[C@@H]4C=C(C)[C@@H](O)[C@H]5OC/C(=C\C=C\[C@@H]3C)[C@]54O)C[C@@H]2OC)O[C@@H](C)[C@@H]1O.O=[N+]([O-])/N=C1\NCCN1Cc1ccc(Cl)nc1. The number of rotatable bonds is 18. The lowest BCUT2D eigenvalue weighted by Crippen LogP contribution is -2.58. The first-order chi connectivity index (χ1) is 66.6. The highest BCUT2D eigenvalue weighted by Gasteiger charge is 2.63. The largest absolute Gasteiger partial charge is 0.462 e. The van der Waals surface area contributed by atoms with Crippen LogP contribution < -0.4 is 5.32 Å². The summed E-state index contributed by atoms with van der Waals surface area (Å²) < 4.78 is 127. The van der Waals surface area contributed by atoms with Gasteiger partial charge in [0.15, 0.2) is 41.8 Å². The van der Waals surface area contributed by atoms with Crippen molar-refractivity contribution in [3.05, 3.63) is 158 Å². The number of allylic oxidation sites excluding steroid dienone is 4. The van der Waals surface area contributed by atoms with Crippen LogP contribution in [0.15, 0.2) is 142 Å². The average Bonchev–Trinajstić information content (AvgIpc) is 1.55. The van der Waals surface area contributed by atoms with E-state index < -0.39 is 187 Å². The fourth-order valence-electron chi connectivity index (χ4n) is 22.6. The zero-order chi connectivity index (χ0) is 101. The molecule has 0 amide bonds. The molecule has 4 bridgehead atoms. The van der Waals surface area contributed by atoms with Crippen LogP contribution in [0.4, 0.5) is 0 Å². The lowest BCUT2D eigenvalue weighted by atomic mass is 9.71. The van der Waals surface area contributed by atoms with E-state index in [2.05, 4.69) is 95.1 Å². The number of nitrogens with one attached hydrogen (secondary N) is 1. The van der Waals surface area contributed by atoms with Gasteiger partial charge in [-0.3, -0.25) is 9.59 Å². The molecule has 39 atom stereocenters. The predicted octanol–water partition coefficient (Wildman–Crippen LogP) is 11.1. The van der Waals surface area contributed by atoms with E-state index in [1.165, 1.54) is 0 Å². The Balaban J connectivity index is 0.000000190. The van der Waals surface area contributed by atoms with E-state index in [9.17, 15) is 50.3 Å². The molecule has 2 spiro atoms. The van der Waals surface area contributed by atoms with Gasteiger partial charge in [-0.25, -0.2) is 15.1 Å². The second kappa shape index (κ2) is 47.1. The summed E-state index contributed by atoms with van der Waals surface area (Å²) in [4.78, 5) is 44.7. The minimum absolute atomic E-state index is 0.0313. The molecule has 14 heterocycles. The van der Waals surface area contributed by atoms with Gasteiger partial charge in [0.2, 0.25) is 0 Å². The highest BCUT2D eigenvalue weighted by molar-refractivity contribution is 6.29. The molecule has 16 rings (SSSR count). The van der Waals surface area contributed by atoms with Gasteiger partial charge in [0, 0.05) is 129 Å². The second-order valence-corrected chi connectivity index (χ2v) is 41.7. The average molecular weight is 1990 g/mol. The number of halogens is 1. The van der Waals surface area contributed by atoms with Crippen LogP contribution >= 0.6 is 11.6 Å². The normalized spacial score (nSPS) is 45.3. The summed E-state index contributed by atoms with van der Waals surface area (Å²) in [5.74, 6) is -4.90. The number of fused-ring (bicyclic) bond motifs is 4. The van der Waals surface area contributed by atoms with Crippen LogP contribution in [0.1, 0.15) is 187 Å². The minimum atomic E-state index is -1.84. The number of methoxy groups -OCH3 is 4. The van der Waals surface area contributed by atoms with Crippen molar-refractivity contribution in [2.45, 2.75) is 382 Å². The highest BCUT2D eigenvalue weighted by atomic mass is 35.5. The Morgan fingerprint density at radius 3 is 1.41 bits per heavy atom. The Morgan fingerprint density at radius 1 is 0.564 bits per heavy atom. The molecule has 2 aliphatic carbocycles. The molecule has 7 N–H and O–H groups in total. The third-order valence-corrected chi connectivity index (χ3v) is 31.0. The molecule has 1 aromatic heterocycles. The highest BCUT2D eigenvalue weighted by Crippen LogP contribution is 2.51. The molecule has 13 aliphatic heterocycles. The van der Waals surface area contributed by atoms with Gasteiger partial charge in [0.1, 0.15) is 94.3 Å². The summed E-state index contributed by atoms with van der Waals surface area (Å²) >= 11 is 5.68. The number of nitro groups is 1. The fraction of sp³-hybridized carbons (Fsp3) is 0.731. The quantitative estimate of drug-likeness (QED) is 0.0236. The van der Waals surface area contributed by atoms with E-state index in [4.69, 9.17) is 106 Å². The molecular weight excluding hydrogens is 1830 g/mol. The third-order valence-electron chi connectivity index (χ3n) is 30.8. The topological polar surface area (TPSA) is 424 Å². The monoisotopic (exact) mass is 1990 g/mol. The molecule has 0 saturated carbocycles. The summed E-state index contributed by atoms with van der Waals surface area (Å²) in [5.41, 5.74) is 1.19. The molecule has 0 unspecified atom stereocenters. The van der Waals surface area contributed by atoms with Crippen LogP contribution in [0.2, 0.25) is 5.15 Å². The van der Waals surface area contributed by atoms with Crippen molar-refractivity contribution in [2.24, 2.45) is 52.4 Å². The van der Waals surface area contributed by atoms with Crippen LogP contribution in [0.25, 0.3) is 0 Å². The maximum absolute atomic E-state index is 14.3. The fourth-order valence-corrected chi connectivity index (χ4v) is 22.7. The van der Waals surface area contributed by atoms with Gasteiger partial charge in [0.05, 0.1) is 98.7 Å². The van der Waals surface area contributed by atoms with Crippen molar-refractivity contribution >= 4 is 29.5 Å². The molecule has 1 aromatic rings. The van der Waals surface area contributed by atoms with Crippen molar-refractivity contribution in [3.8, 4) is 0 Å². The predicted molar refractivity (Wildman–Crippen MR) is 512 cm³/mol. The molecular formula is C104H152ClN5O30. The smallest absolute Gasteiger partial charge is 0.316 e. The summed E-state index contributed by atoms with van der Waals surface area (Å²) in [5, 5.41) is 84.6. The van der Waals surface area contributed by atoms with Crippen molar-refractivity contribution in [3.63, 3.8) is 0 Å². The standard InChI is InChI=1S/C48H72O14.C47H70O14.C9H10ClN5O2/c1-11-25(2)43-28(5)17-18-47(62-43)23-34-20-33(61-47)16-15-27(4)42(26(3)13-12-14-32-24-55-45-40(49)29(6)19-35(46(51)58-34)48(32,45)52)59-39-22-37(54-10)44(31(8)57-39)60-38-21-36(53-9)41(50)30(7)56-38;1-24(2)41-27(5)16-17-46(61-41)22-33-19-32(60-46)15-14-26(4)42(25(3)12-11-13-31-23-54-44-39(48)28(6)18-34(45(50)57-33)47(31,44)51)58-38-21-36(53-10)43(30(8)56-38)59-37-20-35(52-9)40(49)29(7)55-37;10-8-2-1-7(5-12-8)6-14-4-3-11-9(14)13-15(16)17/h12-15,17-19,25-26,28,30-31,33-45,49-50,52H,11,16,20-24H2,1-10H3;11-14,16-18,24-25,27,29-30,32-44,48-49,51H,15,19-23H2,1-10H3;1-2,5H,3-4,6H2,(H,11,13)/b13-12+,27-15+,32-14+;12-11+,26-14+,31-13+;/t25-,26-,28-,30-,31-,33+,34-,35-,36-,37-,38-,39-,40+,41-,42-,43+,44-,45+,47+,48+;25-,27-,29-,30-,32+,33-,34-,35-,36-,37-,38-,39+,40-,41+,42-,43-,44+,46+,47+;/m00./s1. The van der Waals surface area contributed by atoms with Gasteiger partial charge in [-0.2, -0.15) is 0 Å². The van der Waals surface area contributed by atoms with Crippen LogP contribution in [-0.4, -0.2) is 313 Å². The van der Waals surface area contributed by atoms with Crippen LogP contribution in [0, 0.1) is 57.5 Å². The summed E-state index contributed by atoms with van der Waals surface area (Å²) in [7, 11) is 6.44. The van der Waals surface area contributed by atoms with E-state index in [1.54, 1.807) is 97.6 Å². The number of carbonyl (C=O) groups is 2. The van der Waals surface area contributed by atoms with Crippen molar-refractivity contribution in [1.82, 2.24) is 15.2 Å². The summed E-state index contributed by atoms with van der Waals surface area (Å²) in [6.45, 7) is 33.9. The number of carbonyl (C=O) groups excluding carboxylic acids is 2. The molecule has 9 saturated heterocycles. The number of aliphatic hydroxyl groups is 6. The van der Waals surface area contributed by atoms with Crippen molar-refractivity contribution < 1.29 is 140 Å². The number of esters is 2. The molecule has 140 heavy (non-hydrogen) atoms. The number of pyridine rings is 1. The third kappa shape index (κ3) is 24.6. The van der Waals surface area contributed by atoms with Crippen LogP contribution in [0.3, 0.4) is 0 Å². The lowest BCUT2D eigenvalue weighted by Gasteiger charge is -2.48. The summed E-state index contributed by atoms with van der Waals surface area (Å²) in [6.07, 6.45) is 17.7. The number of guanidine groups is 1. The first kappa shape index (κ1) is 109. The van der Waals surface area contributed by atoms with Gasteiger partial charge in [-0.05, 0) is 137 Å². The zero-order valence-corrected chi connectivity index (χ0v) is 85.3. The summed E-state index contributed by atoms with van der Waals surface area (Å²) in [6, 6.07) is 3.52. The Bertz CT molecular complexity index is 4740. The first-order valence-electron chi connectivity index (χ1n) is 50.2. The molecule has 15 aliphatic rings. The number of nitrogens with zero attached hydrogens (tertiary/aromatic N) is 4. The Labute approximate surface area is 827 Å². The molecule has 780 valence electrons. The number of hydrogen-bond acceptors (Lipinski definition) is 31. The van der Waals surface area contributed by atoms with Gasteiger partial charge < -0.3 is 136 Å². The lowest BCUT2D eigenvalue weighted by molar-refractivity contribution is -0.485. The Hall–Kier alpha value is -6.51. The first-order valence-corrected chi connectivity index (χ1v) is 50.5. The van der Waals surface area contributed by atoms with Crippen LogP contribution in [-0.2, 0) is 111 Å². The van der Waals surface area contributed by atoms with Crippen molar-refractivity contribution in [2.75, 3.05) is 54.7 Å². The number of ether oxygens (including phenoxy) is 20. The number of hydrazone groups is 1. The van der Waals surface area contributed by atoms with Crippen molar-refractivity contribution in [1.29, 1.82) is 0 Å². The molecule has 0 radical (unpaired) electrons. The number of aliphatic hydroxyl groups excluding tert-OH is 4. The number of aromatic nitrogens is 1. The van der Waals surface area contributed by atoms with E-state index in [-0.39, 0.29) is 91.3 Å². The zero-order valence-electron chi connectivity index (χ0n) is 84.6. The molecule has 9 fully saturated rings. The number of hydrogen-bond donors (Lipinski definition) is 7. The maximum Gasteiger partial charge on any atom is 0.316 e. The molecule has 0 aromatic carbocycles. The second-order valence-electron chi connectivity index (χ2n) is 41.3. The Kier molecular flexibility index (Phi) is 36.8. The van der Waals surface area contributed by atoms with Gasteiger partial charge in [-0.1, -0.05) is 152 Å². The minimum Gasteiger partial charge on any atom is -0.462 e. The van der Waals surface area contributed by atoms with E-state index >= 15 is 0 Å². The van der Waals surface area contributed by atoms with E-state index in [1.807, 2.05) is 70.2 Å². The van der Waals surface area contributed by atoms with Crippen LogP contribution in [0.5, 0.6) is 0 Å². The van der Waals surface area contributed by atoms with E-state index in [0.29, 0.717) is 111 Å². The Morgan fingerprint density at radius 2 is 0.993 bits per heavy atom. The molecule has 36 heteroatoms.